The van der Waals surface area contributed by atoms with Crippen molar-refractivity contribution in [3.63, 3.8) is 0 Å². The summed E-state index contributed by atoms with van der Waals surface area (Å²) in [6, 6.07) is 7.47. The van der Waals surface area contributed by atoms with E-state index < -0.39 is 0 Å². The van der Waals surface area contributed by atoms with Gasteiger partial charge in [-0.2, -0.15) is 0 Å². The quantitative estimate of drug-likeness (QED) is 0.815. The highest BCUT2D eigenvalue weighted by atomic mass is 16.2. The summed E-state index contributed by atoms with van der Waals surface area (Å²) in [5, 5.41) is 9.96. The number of hydrogen-bond donors (Lipinski definition) is 1. The molecular formula is C12H12N4O2. The van der Waals surface area contributed by atoms with Crippen LogP contribution in [0.15, 0.2) is 30.5 Å². The van der Waals surface area contributed by atoms with Crippen molar-refractivity contribution in [2.45, 2.75) is 13.5 Å². The fraction of sp³-hybridized carbons (Fsp3) is 0.167. The summed E-state index contributed by atoms with van der Waals surface area (Å²) in [7, 11) is 0. The molecule has 0 saturated heterocycles. The molecule has 0 unspecified atom stereocenters. The molecule has 2 rings (SSSR count). The van der Waals surface area contributed by atoms with Crippen LogP contribution in [0.5, 0.6) is 0 Å². The van der Waals surface area contributed by atoms with E-state index >= 15 is 0 Å². The van der Waals surface area contributed by atoms with E-state index in [1.165, 1.54) is 10.9 Å². The highest BCUT2D eigenvalue weighted by molar-refractivity contribution is 5.90. The number of aldehydes is 1. The Morgan fingerprint density at radius 1 is 1.39 bits per heavy atom. The standard InChI is InChI=1S/C12H12N4O2/c1-9-2-4-10(5-3-9)13-12(18)7-16-6-11(8-17)14-15-16/h2-6,8H,7H2,1H3,(H,13,18). The van der Waals surface area contributed by atoms with Crippen molar-refractivity contribution in [1.29, 1.82) is 0 Å². The Bertz CT molecular complexity index is 560. The maximum absolute atomic E-state index is 11.7. The number of hydrogen-bond acceptors (Lipinski definition) is 4. The van der Waals surface area contributed by atoms with E-state index in [9.17, 15) is 9.59 Å². The molecule has 6 nitrogen and oxygen atoms in total. The van der Waals surface area contributed by atoms with Crippen LogP contribution in [0.1, 0.15) is 16.1 Å². The van der Waals surface area contributed by atoms with E-state index in [0.29, 0.717) is 6.29 Å². The number of aromatic nitrogens is 3. The molecule has 0 aliphatic carbocycles. The lowest BCUT2D eigenvalue weighted by Crippen LogP contribution is -2.19. The number of rotatable bonds is 4. The fourth-order valence-electron chi connectivity index (χ4n) is 1.43. The molecule has 1 aromatic heterocycles. The van der Waals surface area contributed by atoms with E-state index in [0.717, 1.165) is 11.3 Å². The van der Waals surface area contributed by atoms with Gasteiger partial charge in [0.2, 0.25) is 5.91 Å². The summed E-state index contributed by atoms with van der Waals surface area (Å²) in [4.78, 5) is 22.1. The third-order valence-corrected chi connectivity index (χ3v) is 2.32. The van der Waals surface area contributed by atoms with Crippen LogP contribution in [-0.4, -0.2) is 27.2 Å². The average Bonchev–Trinajstić information content (AvgIpc) is 2.79. The van der Waals surface area contributed by atoms with Gasteiger partial charge in [0, 0.05) is 5.69 Å². The Labute approximate surface area is 104 Å². The molecule has 1 aromatic carbocycles. The molecule has 92 valence electrons. The minimum atomic E-state index is -0.221. The van der Waals surface area contributed by atoms with Crippen molar-refractivity contribution >= 4 is 17.9 Å². The Morgan fingerprint density at radius 2 is 2.11 bits per heavy atom. The molecule has 18 heavy (non-hydrogen) atoms. The van der Waals surface area contributed by atoms with Gasteiger partial charge < -0.3 is 5.32 Å². The van der Waals surface area contributed by atoms with Gasteiger partial charge in [-0.15, -0.1) is 5.10 Å². The molecular weight excluding hydrogens is 232 g/mol. The van der Waals surface area contributed by atoms with Gasteiger partial charge in [-0.1, -0.05) is 22.9 Å². The van der Waals surface area contributed by atoms with Crippen LogP contribution in [0.25, 0.3) is 0 Å². The van der Waals surface area contributed by atoms with Crippen molar-refractivity contribution in [3.8, 4) is 0 Å². The third-order valence-electron chi connectivity index (χ3n) is 2.32. The number of amides is 1. The zero-order valence-electron chi connectivity index (χ0n) is 9.83. The van der Waals surface area contributed by atoms with E-state index in [1.807, 2.05) is 31.2 Å². The number of carbonyl (C=O) groups is 2. The fourth-order valence-corrected chi connectivity index (χ4v) is 1.43. The molecule has 2 aromatic rings. The van der Waals surface area contributed by atoms with Gasteiger partial charge in [-0.05, 0) is 19.1 Å². The molecule has 0 aliphatic heterocycles. The van der Waals surface area contributed by atoms with E-state index in [1.54, 1.807) is 0 Å². The van der Waals surface area contributed by atoms with Gasteiger partial charge in [-0.3, -0.25) is 9.59 Å². The third kappa shape index (κ3) is 3.00. The molecule has 0 saturated carbocycles. The summed E-state index contributed by atoms with van der Waals surface area (Å²) in [6.07, 6.45) is 2.00. The molecule has 1 heterocycles. The Morgan fingerprint density at radius 3 is 2.72 bits per heavy atom. The van der Waals surface area contributed by atoms with Gasteiger partial charge in [0.15, 0.2) is 6.29 Å². The smallest absolute Gasteiger partial charge is 0.246 e. The molecule has 0 bridgehead atoms. The minimum absolute atomic E-state index is 0.0225. The van der Waals surface area contributed by atoms with Crippen LogP contribution in [0.2, 0.25) is 0 Å². The normalized spacial score (nSPS) is 10.1. The number of nitrogens with zero attached hydrogens (tertiary/aromatic N) is 3. The van der Waals surface area contributed by atoms with Crippen molar-refractivity contribution in [2.75, 3.05) is 5.32 Å². The molecule has 0 aliphatic rings. The number of nitrogens with one attached hydrogen (secondary N) is 1. The molecule has 0 atom stereocenters. The van der Waals surface area contributed by atoms with Crippen molar-refractivity contribution < 1.29 is 9.59 Å². The second-order valence-electron chi connectivity index (χ2n) is 3.87. The van der Waals surface area contributed by atoms with Crippen LogP contribution in [0.3, 0.4) is 0 Å². The second-order valence-corrected chi connectivity index (χ2v) is 3.87. The van der Waals surface area contributed by atoms with Crippen LogP contribution in [0, 0.1) is 6.92 Å². The first kappa shape index (κ1) is 12.0. The zero-order chi connectivity index (χ0) is 13.0. The molecule has 1 amide bonds. The number of anilines is 1. The van der Waals surface area contributed by atoms with Crippen LogP contribution in [0.4, 0.5) is 5.69 Å². The van der Waals surface area contributed by atoms with Crippen LogP contribution in [-0.2, 0) is 11.3 Å². The molecule has 0 radical (unpaired) electrons. The predicted octanol–water partition coefficient (Wildman–Crippen LogP) is 1.04. The van der Waals surface area contributed by atoms with Gasteiger partial charge >= 0.3 is 0 Å². The largest absolute Gasteiger partial charge is 0.324 e. The van der Waals surface area contributed by atoms with E-state index in [2.05, 4.69) is 15.6 Å². The summed E-state index contributed by atoms with van der Waals surface area (Å²) in [5.74, 6) is -0.221. The average molecular weight is 244 g/mol. The summed E-state index contributed by atoms with van der Waals surface area (Å²) >= 11 is 0. The van der Waals surface area contributed by atoms with Gasteiger partial charge in [0.1, 0.15) is 12.2 Å². The van der Waals surface area contributed by atoms with E-state index in [-0.39, 0.29) is 18.1 Å². The first-order valence-corrected chi connectivity index (χ1v) is 5.39. The lowest BCUT2D eigenvalue weighted by molar-refractivity contribution is -0.116. The molecule has 1 N–H and O–H groups in total. The molecule has 0 spiro atoms. The second kappa shape index (κ2) is 5.22. The molecule has 0 fully saturated rings. The lowest BCUT2D eigenvalue weighted by atomic mass is 10.2. The summed E-state index contributed by atoms with van der Waals surface area (Å²) < 4.78 is 1.31. The maximum atomic E-state index is 11.7. The highest BCUT2D eigenvalue weighted by Crippen LogP contribution is 2.08. The van der Waals surface area contributed by atoms with Crippen molar-refractivity contribution in [1.82, 2.24) is 15.0 Å². The van der Waals surface area contributed by atoms with Gasteiger partial charge in [-0.25, -0.2) is 4.68 Å². The Hall–Kier alpha value is -2.50. The SMILES string of the molecule is Cc1ccc(NC(=O)Cn2cc(C=O)nn2)cc1. The lowest BCUT2D eigenvalue weighted by Gasteiger charge is -2.04. The van der Waals surface area contributed by atoms with Crippen LogP contribution < -0.4 is 5.32 Å². The Kier molecular flexibility index (Phi) is 3.47. The monoisotopic (exact) mass is 244 g/mol. The van der Waals surface area contributed by atoms with Crippen molar-refractivity contribution in [3.05, 3.63) is 41.7 Å². The predicted molar refractivity (Wildman–Crippen MR) is 65.2 cm³/mol. The van der Waals surface area contributed by atoms with Gasteiger partial charge in [0.05, 0.1) is 6.20 Å². The zero-order valence-corrected chi connectivity index (χ0v) is 9.83. The maximum Gasteiger partial charge on any atom is 0.246 e. The first-order chi connectivity index (χ1) is 8.67. The number of carbonyl (C=O) groups excluding carboxylic acids is 2. The number of benzene rings is 1. The summed E-state index contributed by atoms with van der Waals surface area (Å²) in [5.41, 5.74) is 2.05. The first-order valence-electron chi connectivity index (χ1n) is 5.39. The van der Waals surface area contributed by atoms with Crippen LogP contribution >= 0.6 is 0 Å². The topological polar surface area (TPSA) is 76.9 Å². The Balaban J connectivity index is 1.96. The molecule has 6 heteroatoms. The van der Waals surface area contributed by atoms with Crippen molar-refractivity contribution in [2.24, 2.45) is 0 Å². The summed E-state index contributed by atoms with van der Waals surface area (Å²) in [6.45, 7) is 2.00. The number of aryl methyl sites for hydroxylation is 1. The highest BCUT2D eigenvalue weighted by Gasteiger charge is 2.05. The minimum Gasteiger partial charge on any atom is -0.324 e. The van der Waals surface area contributed by atoms with Gasteiger partial charge in [0.25, 0.3) is 0 Å². The van der Waals surface area contributed by atoms with E-state index in [4.69, 9.17) is 0 Å².